The van der Waals surface area contributed by atoms with Gasteiger partial charge in [0.1, 0.15) is 0 Å². The summed E-state index contributed by atoms with van der Waals surface area (Å²) >= 11 is 0. The van der Waals surface area contributed by atoms with Gasteiger partial charge < -0.3 is 9.84 Å². The number of hydrogen-bond acceptors (Lipinski definition) is 4. The van der Waals surface area contributed by atoms with Crippen molar-refractivity contribution in [2.24, 2.45) is 5.92 Å². The fraction of sp³-hybridized carbons (Fsp3) is 0.429. The van der Waals surface area contributed by atoms with Crippen molar-refractivity contribution < 1.29 is 4.52 Å². The molecule has 2 aromatic rings. The SMILES string of the molecule is Cl.c1ccc(-c2noc(CCC3CCNC3)n2)cc1. The third-order valence-electron chi connectivity index (χ3n) is 3.43. The summed E-state index contributed by atoms with van der Waals surface area (Å²) in [5.74, 6) is 2.20. The van der Waals surface area contributed by atoms with Crippen LogP contribution >= 0.6 is 12.4 Å². The Morgan fingerprint density at radius 3 is 2.84 bits per heavy atom. The molecule has 1 saturated heterocycles. The van der Waals surface area contributed by atoms with E-state index >= 15 is 0 Å². The molecule has 1 fully saturated rings. The second-order valence-electron chi connectivity index (χ2n) is 4.78. The van der Waals surface area contributed by atoms with Gasteiger partial charge in [0.2, 0.25) is 11.7 Å². The van der Waals surface area contributed by atoms with Gasteiger partial charge in [0.05, 0.1) is 0 Å². The molecular weight excluding hydrogens is 262 g/mol. The molecule has 1 unspecified atom stereocenters. The van der Waals surface area contributed by atoms with Crippen LogP contribution in [-0.2, 0) is 6.42 Å². The molecule has 1 aliphatic heterocycles. The quantitative estimate of drug-likeness (QED) is 0.935. The van der Waals surface area contributed by atoms with Gasteiger partial charge in [0.25, 0.3) is 0 Å². The molecule has 0 aliphatic carbocycles. The summed E-state index contributed by atoms with van der Waals surface area (Å²) < 4.78 is 5.30. The van der Waals surface area contributed by atoms with Crippen molar-refractivity contribution in [1.29, 1.82) is 0 Å². The van der Waals surface area contributed by atoms with Crippen LogP contribution in [0.5, 0.6) is 0 Å². The van der Waals surface area contributed by atoms with Gasteiger partial charge in [-0.3, -0.25) is 0 Å². The van der Waals surface area contributed by atoms with Gasteiger partial charge in [0.15, 0.2) is 0 Å². The zero-order chi connectivity index (χ0) is 12.2. The van der Waals surface area contributed by atoms with Crippen LogP contribution in [0.4, 0.5) is 0 Å². The number of rotatable bonds is 4. The van der Waals surface area contributed by atoms with Crippen LogP contribution in [-0.4, -0.2) is 23.2 Å². The van der Waals surface area contributed by atoms with E-state index in [1.54, 1.807) is 0 Å². The molecule has 1 aromatic carbocycles. The molecule has 0 radical (unpaired) electrons. The first-order valence-corrected chi connectivity index (χ1v) is 6.50. The molecule has 0 spiro atoms. The van der Waals surface area contributed by atoms with Crippen LogP contribution in [0, 0.1) is 5.92 Å². The van der Waals surface area contributed by atoms with E-state index in [0.717, 1.165) is 43.3 Å². The Balaban J connectivity index is 0.00000133. The second-order valence-corrected chi connectivity index (χ2v) is 4.78. The third-order valence-corrected chi connectivity index (χ3v) is 3.43. The molecule has 0 bridgehead atoms. The zero-order valence-corrected chi connectivity index (χ0v) is 11.5. The molecule has 1 aromatic heterocycles. The molecule has 0 saturated carbocycles. The average Bonchev–Trinajstić information content (AvgIpc) is 3.09. The number of benzene rings is 1. The van der Waals surface area contributed by atoms with Gasteiger partial charge in [-0.05, 0) is 31.8 Å². The summed E-state index contributed by atoms with van der Waals surface area (Å²) in [6.07, 6.45) is 3.27. The lowest BCUT2D eigenvalue weighted by molar-refractivity contribution is 0.365. The third kappa shape index (κ3) is 3.55. The van der Waals surface area contributed by atoms with Gasteiger partial charge >= 0.3 is 0 Å². The summed E-state index contributed by atoms with van der Waals surface area (Å²) in [7, 11) is 0. The van der Waals surface area contributed by atoms with Crippen LogP contribution in [0.25, 0.3) is 11.4 Å². The van der Waals surface area contributed by atoms with Crippen molar-refractivity contribution in [2.75, 3.05) is 13.1 Å². The number of nitrogens with zero attached hydrogens (tertiary/aromatic N) is 2. The maximum Gasteiger partial charge on any atom is 0.226 e. The molecule has 3 rings (SSSR count). The first-order valence-electron chi connectivity index (χ1n) is 6.50. The highest BCUT2D eigenvalue weighted by Crippen LogP contribution is 2.18. The molecule has 0 amide bonds. The van der Waals surface area contributed by atoms with E-state index in [2.05, 4.69) is 15.5 Å². The lowest BCUT2D eigenvalue weighted by Gasteiger charge is -2.03. The first kappa shape index (κ1) is 14.0. The van der Waals surface area contributed by atoms with Gasteiger partial charge in [-0.25, -0.2) is 0 Å². The number of hydrogen-bond donors (Lipinski definition) is 1. The van der Waals surface area contributed by atoms with Gasteiger partial charge in [0, 0.05) is 12.0 Å². The zero-order valence-electron chi connectivity index (χ0n) is 10.7. The van der Waals surface area contributed by atoms with E-state index in [9.17, 15) is 0 Å². The highest BCUT2D eigenvalue weighted by atomic mass is 35.5. The van der Waals surface area contributed by atoms with Gasteiger partial charge in [-0.15, -0.1) is 12.4 Å². The minimum absolute atomic E-state index is 0. The summed E-state index contributed by atoms with van der Waals surface area (Å²) in [5, 5.41) is 7.40. The topological polar surface area (TPSA) is 51.0 Å². The molecule has 1 atom stereocenters. The summed E-state index contributed by atoms with van der Waals surface area (Å²) in [4.78, 5) is 4.44. The van der Waals surface area contributed by atoms with E-state index in [1.165, 1.54) is 6.42 Å². The molecule has 1 N–H and O–H groups in total. The van der Waals surface area contributed by atoms with E-state index in [-0.39, 0.29) is 12.4 Å². The van der Waals surface area contributed by atoms with Crippen LogP contribution in [0.3, 0.4) is 0 Å². The van der Waals surface area contributed by atoms with E-state index in [0.29, 0.717) is 5.82 Å². The van der Waals surface area contributed by atoms with Crippen LogP contribution in [0.15, 0.2) is 34.9 Å². The van der Waals surface area contributed by atoms with Gasteiger partial charge in [-0.1, -0.05) is 35.5 Å². The van der Waals surface area contributed by atoms with Crippen molar-refractivity contribution >= 4 is 12.4 Å². The van der Waals surface area contributed by atoms with Crippen molar-refractivity contribution in [3.8, 4) is 11.4 Å². The number of halogens is 1. The maximum atomic E-state index is 5.30. The smallest absolute Gasteiger partial charge is 0.226 e. The van der Waals surface area contributed by atoms with E-state index < -0.39 is 0 Å². The van der Waals surface area contributed by atoms with Crippen molar-refractivity contribution in [1.82, 2.24) is 15.5 Å². The van der Waals surface area contributed by atoms with E-state index in [4.69, 9.17) is 4.52 Å². The lowest BCUT2D eigenvalue weighted by Crippen LogP contribution is -2.09. The Labute approximate surface area is 119 Å². The highest BCUT2D eigenvalue weighted by Gasteiger charge is 2.16. The predicted molar refractivity (Wildman–Crippen MR) is 76.3 cm³/mol. The fourth-order valence-electron chi connectivity index (χ4n) is 2.35. The normalized spacial score (nSPS) is 18.2. The Morgan fingerprint density at radius 2 is 2.11 bits per heavy atom. The number of aryl methyl sites for hydroxylation is 1. The Morgan fingerprint density at radius 1 is 1.26 bits per heavy atom. The molecule has 2 heterocycles. The van der Waals surface area contributed by atoms with Crippen LogP contribution in [0.1, 0.15) is 18.7 Å². The second kappa shape index (κ2) is 6.68. The number of aromatic nitrogens is 2. The first-order chi connectivity index (χ1) is 8.92. The minimum Gasteiger partial charge on any atom is -0.339 e. The van der Waals surface area contributed by atoms with Gasteiger partial charge in [-0.2, -0.15) is 4.98 Å². The number of nitrogens with one attached hydrogen (secondary N) is 1. The molecular formula is C14H18ClN3O. The fourth-order valence-corrected chi connectivity index (χ4v) is 2.35. The lowest BCUT2D eigenvalue weighted by atomic mass is 10.0. The molecule has 102 valence electrons. The monoisotopic (exact) mass is 279 g/mol. The van der Waals surface area contributed by atoms with Crippen molar-refractivity contribution in [3.05, 3.63) is 36.2 Å². The highest BCUT2D eigenvalue weighted by molar-refractivity contribution is 5.85. The molecule has 5 heteroatoms. The van der Waals surface area contributed by atoms with E-state index in [1.807, 2.05) is 30.3 Å². The van der Waals surface area contributed by atoms with Crippen LogP contribution in [0.2, 0.25) is 0 Å². The minimum atomic E-state index is 0. The Kier molecular flexibility index (Phi) is 4.93. The largest absolute Gasteiger partial charge is 0.339 e. The summed E-state index contributed by atoms with van der Waals surface area (Å²) in [5.41, 5.74) is 1.01. The standard InChI is InChI=1S/C14H17N3O.ClH/c1-2-4-12(5-3-1)14-16-13(18-17-14)7-6-11-8-9-15-10-11;/h1-5,11,15H,6-10H2;1H. The Hall–Kier alpha value is -1.39. The molecule has 4 nitrogen and oxygen atoms in total. The van der Waals surface area contributed by atoms with Crippen LogP contribution < -0.4 is 5.32 Å². The Bertz CT molecular complexity index is 494. The summed E-state index contributed by atoms with van der Waals surface area (Å²) in [6, 6.07) is 9.94. The molecule has 1 aliphatic rings. The average molecular weight is 280 g/mol. The summed E-state index contributed by atoms with van der Waals surface area (Å²) in [6.45, 7) is 2.27. The predicted octanol–water partition coefficient (Wildman–Crippen LogP) is 2.70. The maximum absolute atomic E-state index is 5.30. The molecule has 19 heavy (non-hydrogen) atoms. The van der Waals surface area contributed by atoms with Crippen molar-refractivity contribution in [2.45, 2.75) is 19.3 Å². The van der Waals surface area contributed by atoms with Crippen molar-refractivity contribution in [3.63, 3.8) is 0 Å².